The lowest BCUT2D eigenvalue weighted by atomic mass is 10.3. The number of carbonyl (C=O) groups is 1. The molecule has 0 aromatic carbocycles. The predicted molar refractivity (Wildman–Crippen MR) is 61.4 cm³/mol. The predicted octanol–water partition coefficient (Wildman–Crippen LogP) is 1.17. The largest absolute Gasteiger partial charge is 0.320 e. The molecule has 1 aromatic heterocycles. The summed E-state index contributed by atoms with van der Waals surface area (Å²) in [4.78, 5) is 11.5. The highest BCUT2D eigenvalue weighted by molar-refractivity contribution is 5.83. The van der Waals surface area contributed by atoms with Crippen molar-refractivity contribution in [2.24, 2.45) is 0 Å². The molecule has 0 spiro atoms. The van der Waals surface area contributed by atoms with Gasteiger partial charge in [0.1, 0.15) is 0 Å². The van der Waals surface area contributed by atoms with Crippen LogP contribution < -0.4 is 10.7 Å². The van der Waals surface area contributed by atoms with Gasteiger partial charge in [0.25, 0.3) is 0 Å². The Labute approximate surface area is 90.6 Å². The fourth-order valence-electron chi connectivity index (χ4n) is 1.45. The lowest BCUT2D eigenvalue weighted by Crippen LogP contribution is -2.25. The second-order valence-corrected chi connectivity index (χ2v) is 3.69. The highest BCUT2D eigenvalue weighted by Gasteiger charge is 2.04. The summed E-state index contributed by atoms with van der Waals surface area (Å²) < 4.78 is 1.82. The molecule has 4 nitrogen and oxygen atoms in total. The van der Waals surface area contributed by atoms with Crippen molar-refractivity contribution in [1.29, 1.82) is 0 Å². The Balaban J connectivity index is 2.44. The van der Waals surface area contributed by atoms with Crippen molar-refractivity contribution in [3.63, 3.8) is 0 Å². The van der Waals surface area contributed by atoms with E-state index in [1.807, 2.05) is 37.7 Å². The first kappa shape index (κ1) is 11.8. The Morgan fingerprint density at radius 3 is 2.47 bits per heavy atom. The number of nitrogens with zero attached hydrogens (tertiary/aromatic N) is 1. The third kappa shape index (κ3) is 3.40. The Morgan fingerprint density at radius 2 is 1.93 bits per heavy atom. The van der Waals surface area contributed by atoms with Gasteiger partial charge in [-0.3, -0.25) is 14.9 Å². The van der Waals surface area contributed by atoms with E-state index in [4.69, 9.17) is 0 Å². The minimum Gasteiger partial charge on any atom is -0.320 e. The third-order valence-corrected chi connectivity index (χ3v) is 2.34. The second-order valence-electron chi connectivity index (χ2n) is 3.69. The van der Waals surface area contributed by atoms with Gasteiger partial charge in [-0.2, -0.15) is 0 Å². The number of carbonyl (C=O) groups excluding carboxylic acids is 1. The fourth-order valence-corrected chi connectivity index (χ4v) is 1.45. The van der Waals surface area contributed by atoms with Gasteiger partial charge in [0.05, 0.1) is 0 Å². The summed E-state index contributed by atoms with van der Waals surface area (Å²) in [5.41, 5.74) is 4.97. The second kappa shape index (κ2) is 5.56. The van der Waals surface area contributed by atoms with Crippen molar-refractivity contribution in [2.45, 2.75) is 26.7 Å². The zero-order valence-corrected chi connectivity index (χ0v) is 9.63. The maximum absolute atomic E-state index is 11.5. The molecule has 4 heteroatoms. The van der Waals surface area contributed by atoms with Crippen LogP contribution in [0.2, 0.25) is 0 Å². The monoisotopic (exact) mass is 209 g/mol. The number of hydrogen-bond acceptors (Lipinski definition) is 2. The Kier molecular flexibility index (Phi) is 4.37. The molecule has 15 heavy (non-hydrogen) atoms. The van der Waals surface area contributed by atoms with Gasteiger partial charge in [0, 0.05) is 17.8 Å². The van der Waals surface area contributed by atoms with Crippen LogP contribution >= 0.6 is 0 Å². The molecule has 0 saturated carbocycles. The molecule has 0 fully saturated rings. The smallest absolute Gasteiger partial charge is 0.238 e. The highest BCUT2D eigenvalue weighted by Crippen LogP contribution is 2.04. The molecule has 0 atom stereocenters. The van der Waals surface area contributed by atoms with Gasteiger partial charge >= 0.3 is 0 Å². The third-order valence-electron chi connectivity index (χ3n) is 2.34. The molecule has 0 aliphatic heterocycles. The molecule has 0 unspecified atom stereocenters. The van der Waals surface area contributed by atoms with E-state index in [-0.39, 0.29) is 5.91 Å². The molecule has 1 rings (SSSR count). The van der Waals surface area contributed by atoms with Crippen molar-refractivity contribution in [3.8, 4) is 0 Å². The normalized spacial score (nSPS) is 10.3. The minimum absolute atomic E-state index is 0.0626. The zero-order chi connectivity index (χ0) is 11.3. The average molecular weight is 209 g/mol. The molecular formula is C11H19N3O. The van der Waals surface area contributed by atoms with E-state index in [0.717, 1.165) is 24.4 Å². The summed E-state index contributed by atoms with van der Waals surface area (Å²) >= 11 is 0. The maximum atomic E-state index is 11.5. The molecule has 1 aromatic rings. The van der Waals surface area contributed by atoms with Crippen LogP contribution in [0.3, 0.4) is 0 Å². The zero-order valence-electron chi connectivity index (χ0n) is 9.63. The molecule has 0 aliphatic rings. The summed E-state index contributed by atoms with van der Waals surface area (Å²) in [6, 6.07) is 3.98. The summed E-state index contributed by atoms with van der Waals surface area (Å²) in [6.07, 6.45) is 1.42. The van der Waals surface area contributed by atoms with E-state index < -0.39 is 0 Å². The summed E-state index contributed by atoms with van der Waals surface area (Å²) in [6.45, 7) is 4.82. The summed E-state index contributed by atoms with van der Waals surface area (Å²) in [5, 5.41) is 3.02. The Hall–Kier alpha value is -1.29. The maximum Gasteiger partial charge on any atom is 0.238 e. The fraction of sp³-hybridized carbons (Fsp3) is 0.545. The van der Waals surface area contributed by atoms with Crippen LogP contribution in [0.25, 0.3) is 0 Å². The van der Waals surface area contributed by atoms with E-state index in [9.17, 15) is 4.79 Å². The lowest BCUT2D eigenvalue weighted by molar-refractivity contribution is -0.117. The van der Waals surface area contributed by atoms with Gasteiger partial charge < -0.3 is 5.32 Å². The lowest BCUT2D eigenvalue weighted by Gasteiger charge is -2.10. The van der Waals surface area contributed by atoms with Gasteiger partial charge in [-0.05, 0) is 46.0 Å². The standard InChI is InChI=1S/C11H19N3O/c1-9-6-7-10(2)14(9)13-11(15)5-4-8-12-3/h6-7,12H,4-5,8H2,1-3H3,(H,13,15). The van der Waals surface area contributed by atoms with Gasteiger partial charge in [0.15, 0.2) is 0 Å². The quantitative estimate of drug-likeness (QED) is 0.715. The number of hydrogen-bond donors (Lipinski definition) is 2. The number of aryl methyl sites for hydroxylation is 2. The van der Waals surface area contributed by atoms with Crippen molar-refractivity contribution in [1.82, 2.24) is 9.99 Å². The summed E-state index contributed by atoms with van der Waals surface area (Å²) in [5.74, 6) is 0.0626. The van der Waals surface area contributed by atoms with Gasteiger partial charge in [-0.25, -0.2) is 0 Å². The molecule has 84 valence electrons. The SMILES string of the molecule is CNCCCC(=O)Nn1c(C)ccc1C. The highest BCUT2D eigenvalue weighted by atomic mass is 16.2. The van der Waals surface area contributed by atoms with Gasteiger partial charge in [-0.15, -0.1) is 0 Å². The van der Waals surface area contributed by atoms with Crippen LogP contribution in [0.1, 0.15) is 24.2 Å². The first-order valence-electron chi connectivity index (χ1n) is 5.24. The van der Waals surface area contributed by atoms with E-state index in [1.165, 1.54) is 0 Å². The molecular weight excluding hydrogens is 190 g/mol. The van der Waals surface area contributed by atoms with Gasteiger partial charge in [-0.1, -0.05) is 0 Å². The first-order valence-corrected chi connectivity index (χ1v) is 5.24. The molecule has 0 saturated heterocycles. The van der Waals surface area contributed by atoms with Crippen LogP contribution in [-0.4, -0.2) is 24.2 Å². The number of nitrogens with one attached hydrogen (secondary N) is 2. The van der Waals surface area contributed by atoms with Crippen molar-refractivity contribution >= 4 is 5.91 Å². The number of amides is 1. The molecule has 0 bridgehead atoms. The van der Waals surface area contributed by atoms with Crippen LogP contribution in [0.5, 0.6) is 0 Å². The van der Waals surface area contributed by atoms with Crippen molar-refractivity contribution < 1.29 is 4.79 Å². The van der Waals surface area contributed by atoms with E-state index in [2.05, 4.69) is 10.7 Å². The van der Waals surface area contributed by atoms with Crippen molar-refractivity contribution in [3.05, 3.63) is 23.5 Å². The number of aromatic nitrogens is 1. The van der Waals surface area contributed by atoms with Crippen molar-refractivity contribution in [2.75, 3.05) is 19.0 Å². The van der Waals surface area contributed by atoms with Crippen LogP contribution in [-0.2, 0) is 4.79 Å². The first-order chi connectivity index (χ1) is 7.15. The summed E-state index contributed by atoms with van der Waals surface area (Å²) in [7, 11) is 1.89. The van der Waals surface area contributed by atoms with Gasteiger partial charge in [0.2, 0.25) is 5.91 Å². The Bertz CT molecular complexity index is 311. The van der Waals surface area contributed by atoms with E-state index >= 15 is 0 Å². The number of rotatable bonds is 5. The van der Waals surface area contributed by atoms with Crippen LogP contribution in [0.4, 0.5) is 0 Å². The van der Waals surface area contributed by atoms with E-state index in [1.54, 1.807) is 0 Å². The van der Waals surface area contributed by atoms with Crippen LogP contribution in [0.15, 0.2) is 12.1 Å². The molecule has 2 N–H and O–H groups in total. The molecule has 0 radical (unpaired) electrons. The average Bonchev–Trinajstić information content (AvgIpc) is 2.50. The molecule has 0 aliphatic carbocycles. The minimum atomic E-state index is 0.0626. The molecule has 1 amide bonds. The topological polar surface area (TPSA) is 46.1 Å². The van der Waals surface area contributed by atoms with E-state index in [0.29, 0.717) is 6.42 Å². The molecule has 1 heterocycles. The Morgan fingerprint density at radius 1 is 1.33 bits per heavy atom. The van der Waals surface area contributed by atoms with Crippen LogP contribution in [0, 0.1) is 13.8 Å².